The molecule has 0 bridgehead atoms. The molecular formula is C33H34ClFN10OS. The monoisotopic (exact) mass is 672 g/mol. The van der Waals surface area contributed by atoms with Crippen LogP contribution in [0.4, 0.5) is 21.3 Å². The van der Waals surface area contributed by atoms with Crippen LogP contribution in [0.3, 0.4) is 0 Å². The highest BCUT2D eigenvalue weighted by Gasteiger charge is 2.34. The fourth-order valence-electron chi connectivity index (χ4n) is 6.14. The van der Waals surface area contributed by atoms with Crippen molar-refractivity contribution in [2.75, 3.05) is 63.2 Å². The highest BCUT2D eigenvalue weighted by Crippen LogP contribution is 2.37. The van der Waals surface area contributed by atoms with E-state index in [2.05, 4.69) is 22.8 Å². The first-order valence-electron chi connectivity index (χ1n) is 15.3. The van der Waals surface area contributed by atoms with E-state index in [0.717, 1.165) is 41.4 Å². The van der Waals surface area contributed by atoms with Crippen molar-refractivity contribution in [1.82, 2.24) is 34.1 Å². The van der Waals surface area contributed by atoms with Gasteiger partial charge in [0.25, 0.3) is 0 Å². The van der Waals surface area contributed by atoms with Crippen molar-refractivity contribution in [3.05, 3.63) is 71.4 Å². The zero-order valence-electron chi connectivity index (χ0n) is 26.3. The number of nitriles is 1. The van der Waals surface area contributed by atoms with Gasteiger partial charge in [-0.1, -0.05) is 18.3 Å². The minimum Gasteiger partial charge on any atom is -0.339 e. The van der Waals surface area contributed by atoms with Crippen LogP contribution in [0.1, 0.15) is 17.5 Å². The number of nitrogens with zero attached hydrogens (tertiary/aromatic N) is 10. The van der Waals surface area contributed by atoms with E-state index in [-0.39, 0.29) is 30.0 Å². The number of carbonyl (C=O) groups excluding carboxylic acids is 1. The summed E-state index contributed by atoms with van der Waals surface area (Å²) in [6.07, 6.45) is 6.39. The van der Waals surface area contributed by atoms with Crippen LogP contribution in [0.25, 0.3) is 28.0 Å². The summed E-state index contributed by atoms with van der Waals surface area (Å²) in [6, 6.07) is 12.2. The number of carbonyl (C=O) groups is 1. The fraction of sp³-hybridized carbons (Fsp3) is 0.333. The molecule has 0 aliphatic carbocycles. The molecule has 0 saturated carbocycles. The Bertz CT molecular complexity index is 1940. The van der Waals surface area contributed by atoms with Crippen molar-refractivity contribution < 1.29 is 9.18 Å². The molecular weight excluding hydrogens is 639 g/mol. The molecule has 2 aliphatic rings. The van der Waals surface area contributed by atoms with Gasteiger partial charge in [-0.3, -0.25) is 9.20 Å². The Labute approximate surface area is 282 Å². The van der Waals surface area contributed by atoms with E-state index in [1.165, 1.54) is 23.5 Å². The molecule has 47 heavy (non-hydrogen) atoms. The Kier molecular flexibility index (Phi) is 9.09. The second-order valence-electron chi connectivity index (χ2n) is 11.7. The zero-order chi connectivity index (χ0) is 31.9. The molecule has 5 aromatic rings. The fourth-order valence-corrected chi connectivity index (χ4v) is 6.99. The van der Waals surface area contributed by atoms with Gasteiger partial charge in [-0.2, -0.15) is 5.26 Å². The van der Waals surface area contributed by atoms with E-state index < -0.39 is 0 Å². The normalized spacial score (nSPS) is 15.3. The molecule has 7 rings (SSSR count). The molecule has 0 spiro atoms. The first-order valence-corrected chi connectivity index (χ1v) is 16.1. The van der Waals surface area contributed by atoms with E-state index in [1.807, 2.05) is 59.0 Å². The molecule has 14 heteroatoms. The number of likely N-dealkylation sites (tertiary alicyclic amines) is 1. The maximum absolute atomic E-state index is 13.6. The molecule has 2 saturated heterocycles. The third-order valence-electron chi connectivity index (χ3n) is 8.70. The van der Waals surface area contributed by atoms with Crippen molar-refractivity contribution >= 4 is 52.2 Å². The molecule has 1 aromatic carbocycles. The van der Waals surface area contributed by atoms with Crippen molar-refractivity contribution in [2.24, 2.45) is 5.92 Å². The van der Waals surface area contributed by atoms with E-state index in [0.29, 0.717) is 59.8 Å². The minimum atomic E-state index is -0.340. The van der Waals surface area contributed by atoms with Gasteiger partial charge in [0, 0.05) is 81.6 Å². The van der Waals surface area contributed by atoms with Gasteiger partial charge in [0.15, 0.2) is 5.13 Å². The van der Waals surface area contributed by atoms with E-state index in [1.54, 1.807) is 12.1 Å². The van der Waals surface area contributed by atoms with E-state index in [9.17, 15) is 14.4 Å². The average molecular weight is 673 g/mol. The quantitative estimate of drug-likeness (QED) is 0.239. The molecule has 2 aliphatic heterocycles. The number of aromatic nitrogens is 5. The van der Waals surface area contributed by atoms with Crippen molar-refractivity contribution in [3.63, 3.8) is 0 Å². The number of hydrogen-bond donors (Lipinski definition) is 0. The Morgan fingerprint density at radius 1 is 1.02 bits per heavy atom. The molecule has 1 amide bonds. The minimum absolute atomic E-state index is 0. The third kappa shape index (κ3) is 6.12. The van der Waals surface area contributed by atoms with Gasteiger partial charge in [0.1, 0.15) is 33.9 Å². The summed E-state index contributed by atoms with van der Waals surface area (Å²) in [7, 11) is 3.96. The zero-order valence-corrected chi connectivity index (χ0v) is 27.9. The van der Waals surface area contributed by atoms with Gasteiger partial charge in [-0.25, -0.2) is 24.3 Å². The predicted molar refractivity (Wildman–Crippen MR) is 183 cm³/mol. The van der Waals surface area contributed by atoms with Gasteiger partial charge in [-0.15, -0.1) is 12.4 Å². The van der Waals surface area contributed by atoms with Gasteiger partial charge >= 0.3 is 0 Å². The van der Waals surface area contributed by atoms with Crippen LogP contribution in [0.2, 0.25) is 0 Å². The van der Waals surface area contributed by atoms with E-state index >= 15 is 0 Å². The number of pyridine rings is 1. The summed E-state index contributed by atoms with van der Waals surface area (Å²) >= 11 is 1.29. The molecule has 0 unspecified atom stereocenters. The van der Waals surface area contributed by atoms with Crippen LogP contribution in [0.5, 0.6) is 0 Å². The standard InChI is InChI=1S/C33H33FN10OS.ClH/c1-4-26-30(41(3)33-39-29(27(15-35)46-33)21-5-8-25(34)9-6-21)44-20-22(7-10-28(44)38-26)23-16-36-32(37-17-23)43-13-11-42(12-14-43)31(45)24-18-40(2)19-24;/h5-10,16-17,20,24H,4,11-14,18-19H2,1-3H3;1H. The summed E-state index contributed by atoms with van der Waals surface area (Å²) in [4.78, 5) is 40.5. The number of benzene rings is 1. The number of halogens is 2. The SMILES string of the molecule is CCc1nc2ccc(-c3cnc(N4CCN(C(=O)C5CN(C)C5)CC4)nc3)cn2c1N(C)c1nc(-c2ccc(F)cc2)c(C#N)s1.Cl. The molecule has 11 nitrogen and oxygen atoms in total. The maximum Gasteiger partial charge on any atom is 0.228 e. The third-order valence-corrected chi connectivity index (χ3v) is 9.73. The number of imidazole rings is 1. The van der Waals surface area contributed by atoms with Crippen molar-refractivity contribution in [2.45, 2.75) is 13.3 Å². The van der Waals surface area contributed by atoms with Gasteiger partial charge in [0.05, 0.1) is 11.6 Å². The van der Waals surface area contributed by atoms with Gasteiger partial charge in [0.2, 0.25) is 11.9 Å². The number of amides is 1. The summed E-state index contributed by atoms with van der Waals surface area (Å²) in [5.41, 5.74) is 4.69. The molecule has 242 valence electrons. The predicted octanol–water partition coefficient (Wildman–Crippen LogP) is 4.89. The Hall–Kier alpha value is -4.64. The lowest BCUT2D eigenvalue weighted by Gasteiger charge is -2.41. The van der Waals surface area contributed by atoms with Crippen LogP contribution >= 0.6 is 23.7 Å². The van der Waals surface area contributed by atoms with E-state index in [4.69, 9.17) is 19.9 Å². The van der Waals surface area contributed by atoms with Crippen LogP contribution in [0.15, 0.2) is 55.0 Å². The van der Waals surface area contributed by atoms with Crippen LogP contribution in [-0.2, 0) is 11.2 Å². The first kappa shape index (κ1) is 32.3. The van der Waals surface area contributed by atoms with Crippen molar-refractivity contribution in [1.29, 1.82) is 5.26 Å². The van der Waals surface area contributed by atoms with Crippen LogP contribution in [0, 0.1) is 23.1 Å². The Morgan fingerprint density at radius 3 is 2.34 bits per heavy atom. The lowest BCUT2D eigenvalue weighted by atomic mass is 9.99. The smallest absolute Gasteiger partial charge is 0.228 e. The molecule has 6 heterocycles. The number of rotatable bonds is 7. The number of aryl methyl sites for hydroxylation is 1. The van der Waals surface area contributed by atoms with Crippen LogP contribution < -0.4 is 9.80 Å². The largest absolute Gasteiger partial charge is 0.339 e. The average Bonchev–Trinajstić information content (AvgIpc) is 3.68. The Balaban J connectivity index is 0.00000386. The molecule has 0 N–H and O–H groups in total. The van der Waals surface area contributed by atoms with Crippen LogP contribution in [-0.4, -0.2) is 93.4 Å². The number of thiazole rings is 1. The summed E-state index contributed by atoms with van der Waals surface area (Å²) in [5.74, 6) is 1.55. The number of fused-ring (bicyclic) bond motifs is 1. The second-order valence-corrected chi connectivity index (χ2v) is 12.7. The summed E-state index contributed by atoms with van der Waals surface area (Å²) in [6.45, 7) is 6.51. The topological polar surface area (TPSA) is 110 Å². The molecule has 0 radical (unpaired) electrons. The molecule has 2 fully saturated rings. The summed E-state index contributed by atoms with van der Waals surface area (Å²) in [5, 5.41) is 10.5. The Morgan fingerprint density at radius 2 is 1.70 bits per heavy atom. The van der Waals surface area contributed by atoms with Gasteiger partial charge < -0.3 is 19.6 Å². The van der Waals surface area contributed by atoms with Gasteiger partial charge in [-0.05, 0) is 49.9 Å². The molecule has 4 aromatic heterocycles. The molecule has 0 atom stereocenters. The number of hydrogen-bond acceptors (Lipinski definition) is 10. The first-order chi connectivity index (χ1) is 22.3. The highest BCUT2D eigenvalue weighted by atomic mass is 35.5. The maximum atomic E-state index is 13.6. The number of anilines is 3. The number of piperazine rings is 1. The lowest BCUT2D eigenvalue weighted by Crippen LogP contribution is -2.57. The lowest BCUT2D eigenvalue weighted by molar-refractivity contribution is -0.140. The second kappa shape index (κ2) is 13.2. The van der Waals surface area contributed by atoms with Crippen molar-refractivity contribution in [3.8, 4) is 28.5 Å². The highest BCUT2D eigenvalue weighted by molar-refractivity contribution is 7.16. The summed E-state index contributed by atoms with van der Waals surface area (Å²) < 4.78 is 15.6.